The smallest absolute Gasteiger partial charge is 0.264 e. The van der Waals surface area contributed by atoms with Gasteiger partial charge in [0.05, 0.1) is 10.6 Å². The number of rotatable bonds is 11. The molecule has 0 heterocycles. The van der Waals surface area contributed by atoms with Crippen LogP contribution in [-0.4, -0.2) is 44.8 Å². The van der Waals surface area contributed by atoms with Gasteiger partial charge in [0.1, 0.15) is 12.6 Å². The van der Waals surface area contributed by atoms with E-state index >= 15 is 0 Å². The lowest BCUT2D eigenvalue weighted by atomic mass is 10.0. The summed E-state index contributed by atoms with van der Waals surface area (Å²) in [5, 5.41) is 2.70. The van der Waals surface area contributed by atoms with Crippen LogP contribution in [0.4, 0.5) is 5.69 Å². The molecule has 0 radical (unpaired) electrons. The monoisotopic (exact) mass is 647 g/mol. The van der Waals surface area contributed by atoms with Crippen molar-refractivity contribution in [3.05, 3.63) is 130 Å². The number of aryl methyl sites for hydroxylation is 2. The van der Waals surface area contributed by atoms with Crippen molar-refractivity contribution in [2.75, 3.05) is 17.9 Å². The minimum atomic E-state index is -4.13. The van der Waals surface area contributed by atoms with Crippen molar-refractivity contribution >= 4 is 43.5 Å². The third-order valence-electron chi connectivity index (χ3n) is 6.99. The van der Waals surface area contributed by atoms with Crippen LogP contribution in [0.15, 0.2) is 112 Å². The Kier molecular flexibility index (Phi) is 10.2. The van der Waals surface area contributed by atoms with Gasteiger partial charge in [0, 0.05) is 24.5 Å². The number of halogens is 1. The zero-order chi connectivity index (χ0) is 30.3. The summed E-state index contributed by atoms with van der Waals surface area (Å²) < 4.78 is 30.1. The van der Waals surface area contributed by atoms with Crippen LogP contribution in [-0.2, 0) is 32.6 Å². The summed E-state index contributed by atoms with van der Waals surface area (Å²) in [6, 6.07) is 29.5. The molecular formula is C33H34BrN3O4S. The van der Waals surface area contributed by atoms with Gasteiger partial charge in [-0.25, -0.2) is 8.42 Å². The Hall–Kier alpha value is -3.95. The number of benzene rings is 4. The highest BCUT2D eigenvalue weighted by atomic mass is 79.9. The fraction of sp³-hybridized carbons (Fsp3) is 0.212. The number of carbonyl (C=O) groups is 2. The molecule has 0 aliphatic rings. The Morgan fingerprint density at radius 2 is 1.48 bits per heavy atom. The van der Waals surface area contributed by atoms with Crippen molar-refractivity contribution in [2.24, 2.45) is 0 Å². The van der Waals surface area contributed by atoms with Gasteiger partial charge in [0.15, 0.2) is 0 Å². The zero-order valence-electron chi connectivity index (χ0n) is 23.8. The lowest BCUT2D eigenvalue weighted by molar-refractivity contribution is -0.139. The second kappa shape index (κ2) is 13.8. The molecule has 0 fully saturated rings. The SMILES string of the molecule is CNC(=O)[C@H](Cc1ccccc1)N(Cc1cccc(Br)c1)C(=O)CN(c1ccc(C)cc1C)S(=O)(=O)c1ccccc1. The van der Waals surface area contributed by atoms with Crippen LogP contribution in [0, 0.1) is 13.8 Å². The highest BCUT2D eigenvalue weighted by Gasteiger charge is 2.34. The largest absolute Gasteiger partial charge is 0.357 e. The minimum Gasteiger partial charge on any atom is -0.357 e. The molecule has 218 valence electrons. The molecule has 7 nitrogen and oxygen atoms in total. The molecule has 9 heteroatoms. The molecule has 0 saturated heterocycles. The van der Waals surface area contributed by atoms with Crippen LogP contribution in [0.3, 0.4) is 0 Å². The first-order valence-electron chi connectivity index (χ1n) is 13.5. The van der Waals surface area contributed by atoms with E-state index in [-0.39, 0.29) is 23.8 Å². The molecule has 0 spiro atoms. The molecule has 4 aromatic carbocycles. The second-order valence-corrected chi connectivity index (χ2v) is 12.9. The summed E-state index contributed by atoms with van der Waals surface area (Å²) in [4.78, 5) is 29.2. The van der Waals surface area contributed by atoms with E-state index in [1.807, 2.05) is 80.6 Å². The fourth-order valence-corrected chi connectivity index (χ4v) is 6.82. The van der Waals surface area contributed by atoms with E-state index in [0.29, 0.717) is 11.3 Å². The molecule has 4 rings (SSSR count). The lowest BCUT2D eigenvalue weighted by Crippen LogP contribution is -2.53. The normalized spacial score (nSPS) is 11.9. The number of hydrogen-bond donors (Lipinski definition) is 1. The average Bonchev–Trinajstić information content (AvgIpc) is 2.98. The third-order valence-corrected chi connectivity index (χ3v) is 9.26. The van der Waals surface area contributed by atoms with E-state index in [2.05, 4.69) is 21.2 Å². The Morgan fingerprint density at radius 1 is 0.833 bits per heavy atom. The second-order valence-electron chi connectivity index (χ2n) is 10.1. The van der Waals surface area contributed by atoms with Crippen molar-refractivity contribution < 1.29 is 18.0 Å². The molecule has 0 saturated carbocycles. The highest BCUT2D eigenvalue weighted by Crippen LogP contribution is 2.28. The van der Waals surface area contributed by atoms with E-state index in [1.54, 1.807) is 24.3 Å². The summed E-state index contributed by atoms with van der Waals surface area (Å²) in [5.74, 6) is -0.842. The van der Waals surface area contributed by atoms with Crippen LogP contribution in [0.25, 0.3) is 0 Å². The third kappa shape index (κ3) is 7.46. The van der Waals surface area contributed by atoms with Gasteiger partial charge < -0.3 is 10.2 Å². The lowest BCUT2D eigenvalue weighted by Gasteiger charge is -2.34. The van der Waals surface area contributed by atoms with Crippen LogP contribution in [0.2, 0.25) is 0 Å². The molecule has 4 aromatic rings. The number of amides is 2. The summed E-state index contributed by atoms with van der Waals surface area (Å²) in [5.41, 5.74) is 3.76. The minimum absolute atomic E-state index is 0.0726. The maximum Gasteiger partial charge on any atom is 0.264 e. The Labute approximate surface area is 256 Å². The van der Waals surface area contributed by atoms with E-state index < -0.39 is 28.5 Å². The van der Waals surface area contributed by atoms with Gasteiger partial charge in [0.25, 0.3) is 10.0 Å². The Bertz CT molecular complexity index is 1650. The van der Waals surface area contributed by atoms with Crippen molar-refractivity contribution in [1.29, 1.82) is 0 Å². The quantitative estimate of drug-likeness (QED) is 0.228. The number of sulfonamides is 1. The molecule has 1 N–H and O–H groups in total. The van der Waals surface area contributed by atoms with Crippen molar-refractivity contribution in [3.8, 4) is 0 Å². The number of likely N-dealkylation sites (N-methyl/N-ethyl adjacent to an activating group) is 1. The number of anilines is 1. The van der Waals surface area contributed by atoms with Gasteiger partial charge in [-0.3, -0.25) is 13.9 Å². The fourth-order valence-electron chi connectivity index (χ4n) is 4.87. The number of hydrogen-bond acceptors (Lipinski definition) is 4. The van der Waals surface area contributed by atoms with E-state index in [1.165, 1.54) is 24.1 Å². The predicted octanol–water partition coefficient (Wildman–Crippen LogP) is 5.65. The molecule has 1 atom stereocenters. The molecule has 2 amide bonds. The van der Waals surface area contributed by atoms with Crippen LogP contribution in [0.5, 0.6) is 0 Å². The van der Waals surface area contributed by atoms with Crippen molar-refractivity contribution in [2.45, 2.75) is 37.8 Å². The number of carbonyl (C=O) groups excluding carboxylic acids is 2. The molecule has 0 unspecified atom stereocenters. The van der Waals surface area contributed by atoms with Gasteiger partial charge >= 0.3 is 0 Å². The number of nitrogens with zero attached hydrogens (tertiary/aromatic N) is 2. The van der Waals surface area contributed by atoms with Gasteiger partial charge in [0.2, 0.25) is 11.8 Å². The molecule has 0 aliphatic heterocycles. The first-order chi connectivity index (χ1) is 20.1. The maximum absolute atomic E-state index is 14.4. The Morgan fingerprint density at radius 3 is 2.10 bits per heavy atom. The first kappa shape index (κ1) is 31.0. The molecular weight excluding hydrogens is 614 g/mol. The molecule has 42 heavy (non-hydrogen) atoms. The number of nitrogens with one attached hydrogen (secondary N) is 1. The van der Waals surface area contributed by atoms with Gasteiger partial charge in [-0.15, -0.1) is 0 Å². The molecule has 0 aliphatic carbocycles. The standard InChI is InChI=1S/C33H34BrN3O4S/c1-24-17-18-30(25(2)19-24)37(42(40,41)29-15-8-5-9-16-29)23-32(38)36(22-27-13-10-14-28(34)20-27)31(33(39)35-3)21-26-11-6-4-7-12-26/h4-20,31H,21-23H2,1-3H3,(H,35,39)/t31-/m0/s1. The van der Waals surface area contributed by atoms with E-state index in [4.69, 9.17) is 0 Å². The maximum atomic E-state index is 14.4. The van der Waals surface area contributed by atoms with Gasteiger partial charge in [-0.1, -0.05) is 94.3 Å². The van der Waals surface area contributed by atoms with Gasteiger partial charge in [-0.05, 0) is 60.9 Å². The predicted molar refractivity (Wildman–Crippen MR) is 170 cm³/mol. The Balaban J connectivity index is 1.81. The van der Waals surface area contributed by atoms with Gasteiger partial charge in [-0.2, -0.15) is 0 Å². The summed E-state index contributed by atoms with van der Waals surface area (Å²) in [7, 11) is -2.60. The average molecular weight is 649 g/mol. The van der Waals surface area contributed by atoms with Crippen molar-refractivity contribution in [1.82, 2.24) is 10.2 Å². The van der Waals surface area contributed by atoms with Crippen LogP contribution < -0.4 is 9.62 Å². The van der Waals surface area contributed by atoms with E-state index in [9.17, 15) is 18.0 Å². The van der Waals surface area contributed by atoms with E-state index in [0.717, 1.165) is 25.5 Å². The summed E-state index contributed by atoms with van der Waals surface area (Å²) in [6.45, 7) is 3.37. The van der Waals surface area contributed by atoms with Crippen LogP contribution in [0.1, 0.15) is 22.3 Å². The molecule has 0 aromatic heterocycles. The zero-order valence-corrected chi connectivity index (χ0v) is 26.2. The first-order valence-corrected chi connectivity index (χ1v) is 15.8. The van der Waals surface area contributed by atoms with Crippen molar-refractivity contribution in [3.63, 3.8) is 0 Å². The summed E-state index contributed by atoms with van der Waals surface area (Å²) in [6.07, 6.45) is 0.259. The molecule has 0 bridgehead atoms. The topological polar surface area (TPSA) is 86.8 Å². The van der Waals surface area contributed by atoms with Crippen LogP contribution >= 0.6 is 15.9 Å². The summed E-state index contributed by atoms with van der Waals surface area (Å²) >= 11 is 3.49. The highest BCUT2D eigenvalue weighted by molar-refractivity contribution is 9.10.